The molecule has 1 aromatic carbocycles. The van der Waals surface area contributed by atoms with E-state index in [1.165, 1.54) is 5.56 Å². The summed E-state index contributed by atoms with van der Waals surface area (Å²) in [5.74, 6) is -0.595. The van der Waals surface area contributed by atoms with E-state index in [9.17, 15) is 0 Å². The summed E-state index contributed by atoms with van der Waals surface area (Å²) < 4.78 is 11.6. The maximum Gasteiger partial charge on any atom is 0.189 e. The highest BCUT2D eigenvalue weighted by Crippen LogP contribution is 2.21. The van der Waals surface area contributed by atoms with Crippen molar-refractivity contribution in [2.75, 3.05) is 13.2 Å². The van der Waals surface area contributed by atoms with Gasteiger partial charge in [-0.05, 0) is 31.7 Å². The molecule has 0 radical (unpaired) electrons. The van der Waals surface area contributed by atoms with Crippen molar-refractivity contribution in [1.82, 2.24) is 5.32 Å². The van der Waals surface area contributed by atoms with Crippen molar-refractivity contribution in [3.63, 3.8) is 0 Å². The van der Waals surface area contributed by atoms with Gasteiger partial charge in [0.2, 0.25) is 0 Å². The molecule has 0 saturated carbocycles. The molecule has 0 bridgehead atoms. The third-order valence-electron chi connectivity index (χ3n) is 2.98. The minimum absolute atomic E-state index is 0.595. The van der Waals surface area contributed by atoms with Crippen molar-refractivity contribution in [3.8, 4) is 0 Å². The Morgan fingerprint density at radius 3 is 2.25 bits per heavy atom. The number of ether oxygens (including phenoxy) is 2. The monoisotopic (exact) mass is 277 g/mol. The van der Waals surface area contributed by atoms with Crippen molar-refractivity contribution >= 4 is 0 Å². The summed E-state index contributed by atoms with van der Waals surface area (Å²) in [6.45, 7) is 8.21. The van der Waals surface area contributed by atoms with Gasteiger partial charge < -0.3 is 14.8 Å². The summed E-state index contributed by atoms with van der Waals surface area (Å²) in [7, 11) is 0. The van der Waals surface area contributed by atoms with Gasteiger partial charge in [0, 0.05) is 26.2 Å². The second kappa shape index (κ2) is 9.56. The molecule has 20 heavy (non-hydrogen) atoms. The molecule has 0 saturated heterocycles. The van der Waals surface area contributed by atoms with Crippen molar-refractivity contribution in [2.45, 2.75) is 45.9 Å². The van der Waals surface area contributed by atoms with Crippen LogP contribution in [0, 0.1) is 0 Å². The molecule has 3 heteroatoms. The minimum Gasteiger partial charge on any atom is -0.387 e. The van der Waals surface area contributed by atoms with E-state index >= 15 is 0 Å². The molecule has 3 nitrogen and oxygen atoms in total. The van der Waals surface area contributed by atoms with Gasteiger partial charge in [0.1, 0.15) is 0 Å². The third kappa shape index (κ3) is 5.76. The van der Waals surface area contributed by atoms with Crippen LogP contribution in [0.3, 0.4) is 0 Å². The molecule has 0 aliphatic heterocycles. The van der Waals surface area contributed by atoms with Gasteiger partial charge >= 0.3 is 0 Å². The first kappa shape index (κ1) is 16.7. The van der Waals surface area contributed by atoms with E-state index < -0.39 is 5.79 Å². The molecule has 0 unspecified atom stereocenters. The first-order chi connectivity index (χ1) is 9.76. The second-order valence-corrected chi connectivity index (χ2v) is 4.63. The molecule has 112 valence electrons. The van der Waals surface area contributed by atoms with Gasteiger partial charge in [-0.3, -0.25) is 0 Å². The summed E-state index contributed by atoms with van der Waals surface area (Å²) in [6.07, 6.45) is 5.81. The molecule has 0 spiro atoms. The van der Waals surface area contributed by atoms with Crippen molar-refractivity contribution in [2.24, 2.45) is 0 Å². The normalized spacial score (nSPS) is 11.9. The largest absolute Gasteiger partial charge is 0.387 e. The number of nitrogens with one attached hydrogen (secondary N) is 1. The third-order valence-corrected chi connectivity index (χ3v) is 2.98. The smallest absolute Gasteiger partial charge is 0.189 e. The molecule has 0 amide bonds. The topological polar surface area (TPSA) is 30.5 Å². The lowest BCUT2D eigenvalue weighted by Gasteiger charge is -2.30. The van der Waals surface area contributed by atoms with E-state index in [-0.39, 0.29) is 0 Å². The van der Waals surface area contributed by atoms with Crippen molar-refractivity contribution < 1.29 is 9.47 Å². The van der Waals surface area contributed by atoms with Crippen LogP contribution in [-0.2, 0) is 16.0 Å². The van der Waals surface area contributed by atoms with Crippen molar-refractivity contribution in [3.05, 3.63) is 48.2 Å². The van der Waals surface area contributed by atoms with Gasteiger partial charge in [0.15, 0.2) is 5.79 Å². The van der Waals surface area contributed by atoms with Crippen LogP contribution in [0.15, 0.2) is 42.6 Å². The van der Waals surface area contributed by atoms with E-state index in [0.29, 0.717) is 13.2 Å². The Labute approximate surface area is 123 Å². The van der Waals surface area contributed by atoms with Crippen LogP contribution < -0.4 is 5.32 Å². The van der Waals surface area contributed by atoms with Crippen LogP contribution in [0.2, 0.25) is 0 Å². The van der Waals surface area contributed by atoms with Gasteiger partial charge in [-0.1, -0.05) is 43.7 Å². The van der Waals surface area contributed by atoms with Crippen LogP contribution in [0.1, 0.15) is 39.2 Å². The van der Waals surface area contributed by atoms with E-state index in [2.05, 4.69) is 24.4 Å². The molecule has 1 N–H and O–H groups in total. The zero-order valence-corrected chi connectivity index (χ0v) is 12.9. The Kier molecular flexibility index (Phi) is 8.00. The fourth-order valence-electron chi connectivity index (χ4n) is 2.16. The lowest BCUT2D eigenvalue weighted by atomic mass is 10.1. The number of hydrogen-bond donors (Lipinski definition) is 1. The SMILES string of the molecule is CCCC(C=CNCc1ccccc1)(OCC)OCC. The standard InChI is InChI=1S/C17H27NO2/c1-4-12-17(19-5-2,20-6-3)13-14-18-15-16-10-8-7-9-11-16/h7-11,13-14,18H,4-6,12,15H2,1-3H3. The van der Waals surface area contributed by atoms with Gasteiger partial charge in [-0.2, -0.15) is 0 Å². The molecule has 0 atom stereocenters. The van der Waals surface area contributed by atoms with Gasteiger partial charge in [0.05, 0.1) is 0 Å². The fourth-order valence-corrected chi connectivity index (χ4v) is 2.16. The average molecular weight is 277 g/mol. The van der Waals surface area contributed by atoms with Crippen molar-refractivity contribution in [1.29, 1.82) is 0 Å². The molecule has 1 rings (SSSR count). The van der Waals surface area contributed by atoms with Crippen LogP contribution >= 0.6 is 0 Å². The van der Waals surface area contributed by atoms with E-state index in [4.69, 9.17) is 9.47 Å². The van der Waals surface area contributed by atoms with Gasteiger partial charge in [-0.15, -0.1) is 0 Å². The lowest BCUT2D eigenvalue weighted by Crippen LogP contribution is -2.34. The van der Waals surface area contributed by atoms with Gasteiger partial charge in [-0.25, -0.2) is 0 Å². The van der Waals surface area contributed by atoms with Crippen LogP contribution in [0.5, 0.6) is 0 Å². The predicted molar refractivity (Wildman–Crippen MR) is 83.3 cm³/mol. The van der Waals surface area contributed by atoms with E-state index in [1.54, 1.807) is 0 Å². The number of hydrogen-bond acceptors (Lipinski definition) is 3. The van der Waals surface area contributed by atoms with Crippen LogP contribution in [-0.4, -0.2) is 19.0 Å². The summed E-state index contributed by atoms with van der Waals surface area (Å²) >= 11 is 0. The Hall–Kier alpha value is -1.32. The summed E-state index contributed by atoms with van der Waals surface area (Å²) in [5, 5.41) is 3.29. The second-order valence-electron chi connectivity index (χ2n) is 4.63. The molecule has 0 fully saturated rings. The Balaban J connectivity index is 2.56. The highest BCUT2D eigenvalue weighted by Gasteiger charge is 2.26. The number of benzene rings is 1. The Morgan fingerprint density at radius 2 is 1.70 bits per heavy atom. The fraction of sp³-hybridized carbons (Fsp3) is 0.529. The van der Waals surface area contributed by atoms with Crippen LogP contribution in [0.25, 0.3) is 0 Å². The molecule has 0 aliphatic rings. The Bertz CT molecular complexity index is 359. The first-order valence-electron chi connectivity index (χ1n) is 7.49. The van der Waals surface area contributed by atoms with Crippen LogP contribution in [0.4, 0.5) is 0 Å². The van der Waals surface area contributed by atoms with Gasteiger partial charge in [0.25, 0.3) is 0 Å². The molecular weight excluding hydrogens is 250 g/mol. The molecular formula is C17H27NO2. The highest BCUT2D eigenvalue weighted by molar-refractivity contribution is 5.14. The summed E-state index contributed by atoms with van der Waals surface area (Å²) in [4.78, 5) is 0. The molecule has 1 aromatic rings. The maximum atomic E-state index is 5.81. The summed E-state index contributed by atoms with van der Waals surface area (Å²) in [6, 6.07) is 10.3. The average Bonchev–Trinajstić information content (AvgIpc) is 2.46. The first-order valence-corrected chi connectivity index (χ1v) is 7.49. The summed E-state index contributed by atoms with van der Waals surface area (Å²) in [5.41, 5.74) is 1.26. The number of rotatable bonds is 10. The van der Waals surface area contributed by atoms with E-state index in [0.717, 1.165) is 19.4 Å². The predicted octanol–water partition coefficient (Wildman–Crippen LogP) is 3.86. The lowest BCUT2D eigenvalue weighted by molar-refractivity contribution is -0.203. The minimum atomic E-state index is -0.595. The highest BCUT2D eigenvalue weighted by atomic mass is 16.7. The Morgan fingerprint density at radius 1 is 1.05 bits per heavy atom. The maximum absolute atomic E-state index is 5.81. The molecule has 0 heterocycles. The molecule has 0 aliphatic carbocycles. The zero-order chi connectivity index (χ0) is 14.7. The zero-order valence-electron chi connectivity index (χ0n) is 12.9. The quantitative estimate of drug-likeness (QED) is 0.659. The van der Waals surface area contributed by atoms with E-state index in [1.807, 2.05) is 44.3 Å². The molecule has 0 aromatic heterocycles.